The van der Waals surface area contributed by atoms with Crippen LogP contribution in [0.2, 0.25) is 0 Å². The van der Waals surface area contributed by atoms with Gasteiger partial charge in [-0.25, -0.2) is 9.78 Å². The van der Waals surface area contributed by atoms with Crippen LogP contribution in [0.4, 0.5) is 10.6 Å². The summed E-state index contributed by atoms with van der Waals surface area (Å²) < 4.78 is 0. The highest BCUT2D eigenvalue weighted by molar-refractivity contribution is 5.94. The number of fused-ring (bicyclic) bond motifs is 1. The lowest BCUT2D eigenvalue weighted by atomic mass is 9.91. The van der Waals surface area contributed by atoms with E-state index in [2.05, 4.69) is 67.9 Å². The molecule has 5 rings (SSSR count). The molecule has 1 aliphatic rings. The quantitative estimate of drug-likeness (QED) is 0.447. The number of aromatic amines is 1. The highest BCUT2D eigenvalue weighted by Crippen LogP contribution is 2.29. The largest absolute Gasteiger partial charge is 0.333 e. The molecule has 0 unspecified atom stereocenters. The first kappa shape index (κ1) is 21.1. The van der Waals surface area contributed by atoms with Crippen LogP contribution in [0.25, 0.3) is 22.3 Å². The normalized spacial score (nSPS) is 18.5. The van der Waals surface area contributed by atoms with Crippen LogP contribution >= 0.6 is 0 Å². The third-order valence-corrected chi connectivity index (χ3v) is 6.24. The number of amides is 2. The minimum Gasteiger partial charge on any atom is -0.333 e. The van der Waals surface area contributed by atoms with Gasteiger partial charge in [-0.1, -0.05) is 24.3 Å². The van der Waals surface area contributed by atoms with Gasteiger partial charge in [0.1, 0.15) is 11.5 Å². The third-order valence-electron chi connectivity index (χ3n) is 6.24. The molecule has 0 saturated carbocycles. The maximum Gasteiger partial charge on any atom is 0.320 e. The van der Waals surface area contributed by atoms with Gasteiger partial charge in [0, 0.05) is 41.8 Å². The number of carbonyl (C=O) groups is 1. The van der Waals surface area contributed by atoms with Crippen molar-refractivity contribution in [3.8, 4) is 11.3 Å². The van der Waals surface area contributed by atoms with E-state index < -0.39 is 0 Å². The van der Waals surface area contributed by atoms with Gasteiger partial charge in [-0.05, 0) is 56.3 Å². The van der Waals surface area contributed by atoms with Gasteiger partial charge in [-0.2, -0.15) is 5.10 Å². The first-order chi connectivity index (χ1) is 16.0. The number of nitrogens with one attached hydrogen (secondary N) is 3. The van der Waals surface area contributed by atoms with Crippen LogP contribution in [0.15, 0.2) is 54.7 Å². The maximum absolute atomic E-state index is 12.8. The Bertz CT molecular complexity index is 1320. The standard InChI is InChI=1S/C25H27N7O/c1-15-6-4-5-7-18(15)20-13-32(3)14-21(20)27-25(33)29-22-9-8-19-23(30-31-24(19)28-22)17-10-11-26-16(2)12-17/h4-12,20-21H,13-14H2,1-3H3,(H3,27,28,29,30,31,33)/t20-,21+/m1/s1. The highest BCUT2D eigenvalue weighted by Gasteiger charge is 2.33. The van der Waals surface area contributed by atoms with E-state index in [4.69, 9.17) is 0 Å². The monoisotopic (exact) mass is 441 g/mol. The van der Waals surface area contributed by atoms with Gasteiger partial charge in [-0.3, -0.25) is 15.4 Å². The van der Waals surface area contributed by atoms with Gasteiger partial charge in [0.2, 0.25) is 0 Å². The summed E-state index contributed by atoms with van der Waals surface area (Å²) in [6.07, 6.45) is 1.77. The van der Waals surface area contributed by atoms with Crippen molar-refractivity contribution >= 4 is 22.9 Å². The molecule has 4 aromatic rings. The van der Waals surface area contributed by atoms with Crippen molar-refractivity contribution in [2.75, 3.05) is 25.5 Å². The number of urea groups is 1. The molecule has 2 amide bonds. The number of pyridine rings is 2. The molecule has 1 aliphatic heterocycles. The molecule has 0 radical (unpaired) electrons. The van der Waals surface area contributed by atoms with E-state index in [9.17, 15) is 4.79 Å². The average Bonchev–Trinajstić information content (AvgIpc) is 3.37. The van der Waals surface area contributed by atoms with Gasteiger partial charge in [-0.15, -0.1) is 0 Å². The third kappa shape index (κ3) is 4.29. The Morgan fingerprint density at radius 1 is 1.12 bits per heavy atom. The molecule has 2 atom stereocenters. The Labute approximate surface area is 192 Å². The van der Waals surface area contributed by atoms with E-state index in [0.717, 1.165) is 35.4 Å². The molecule has 0 aliphatic carbocycles. The Hall–Kier alpha value is -3.78. The van der Waals surface area contributed by atoms with Crippen LogP contribution in [-0.2, 0) is 0 Å². The molecule has 3 N–H and O–H groups in total. The Balaban J connectivity index is 1.31. The van der Waals surface area contributed by atoms with Crippen LogP contribution in [0.5, 0.6) is 0 Å². The summed E-state index contributed by atoms with van der Waals surface area (Å²) >= 11 is 0. The topological polar surface area (TPSA) is 98.8 Å². The van der Waals surface area contributed by atoms with Gasteiger partial charge in [0.25, 0.3) is 0 Å². The number of likely N-dealkylation sites (N-methyl/N-ethyl adjacent to an activating group) is 1. The molecule has 1 aromatic carbocycles. The van der Waals surface area contributed by atoms with Gasteiger partial charge < -0.3 is 10.2 Å². The fraction of sp³-hybridized carbons (Fsp3) is 0.280. The Morgan fingerprint density at radius 2 is 1.97 bits per heavy atom. The van der Waals surface area contributed by atoms with Crippen molar-refractivity contribution in [3.63, 3.8) is 0 Å². The summed E-state index contributed by atoms with van der Waals surface area (Å²) in [7, 11) is 2.08. The van der Waals surface area contributed by atoms with Crippen molar-refractivity contribution in [2.45, 2.75) is 25.8 Å². The number of nitrogens with zero attached hydrogens (tertiary/aromatic N) is 4. The van der Waals surface area contributed by atoms with E-state index in [0.29, 0.717) is 11.5 Å². The van der Waals surface area contributed by atoms with E-state index in [1.54, 1.807) is 12.3 Å². The van der Waals surface area contributed by atoms with Crippen LogP contribution in [0, 0.1) is 13.8 Å². The summed E-state index contributed by atoms with van der Waals surface area (Å²) in [6.45, 7) is 5.78. The van der Waals surface area contributed by atoms with Crippen LogP contribution in [0.1, 0.15) is 22.7 Å². The van der Waals surface area contributed by atoms with Crippen molar-refractivity contribution in [1.82, 2.24) is 30.4 Å². The number of aryl methyl sites for hydroxylation is 2. The van der Waals surface area contributed by atoms with Crippen molar-refractivity contribution in [2.24, 2.45) is 0 Å². The van der Waals surface area contributed by atoms with Gasteiger partial charge >= 0.3 is 6.03 Å². The average molecular weight is 442 g/mol. The zero-order valence-electron chi connectivity index (χ0n) is 19.0. The predicted octanol–water partition coefficient (Wildman–Crippen LogP) is 3.86. The second-order valence-corrected chi connectivity index (χ2v) is 8.74. The molecule has 8 heteroatoms. The van der Waals surface area contributed by atoms with E-state index in [1.165, 1.54) is 11.1 Å². The summed E-state index contributed by atoms with van der Waals surface area (Å²) in [5, 5.41) is 14.3. The number of H-pyrrole nitrogens is 1. The number of hydrogen-bond acceptors (Lipinski definition) is 5. The lowest BCUT2D eigenvalue weighted by Crippen LogP contribution is -2.42. The second-order valence-electron chi connectivity index (χ2n) is 8.74. The molecule has 3 aromatic heterocycles. The lowest BCUT2D eigenvalue weighted by molar-refractivity contribution is 0.247. The zero-order chi connectivity index (χ0) is 22.9. The van der Waals surface area contributed by atoms with Crippen molar-refractivity contribution in [3.05, 3.63) is 71.5 Å². The molecule has 4 heterocycles. The first-order valence-electron chi connectivity index (χ1n) is 11.1. The first-order valence-corrected chi connectivity index (χ1v) is 11.1. The molecule has 0 spiro atoms. The minimum atomic E-state index is -0.259. The lowest BCUT2D eigenvalue weighted by Gasteiger charge is -2.22. The summed E-state index contributed by atoms with van der Waals surface area (Å²) in [6, 6.07) is 15.8. The minimum absolute atomic E-state index is 0.0218. The summed E-state index contributed by atoms with van der Waals surface area (Å²) in [5.41, 5.74) is 5.86. The van der Waals surface area contributed by atoms with E-state index >= 15 is 0 Å². The molecule has 8 nitrogen and oxygen atoms in total. The number of carbonyl (C=O) groups excluding carboxylic acids is 1. The number of hydrogen-bond donors (Lipinski definition) is 3. The van der Waals surface area contributed by atoms with Crippen LogP contribution < -0.4 is 10.6 Å². The molecule has 1 saturated heterocycles. The molecule has 0 bridgehead atoms. The summed E-state index contributed by atoms with van der Waals surface area (Å²) in [5.74, 6) is 0.719. The second kappa shape index (κ2) is 8.63. The number of aromatic nitrogens is 4. The molecular formula is C25H27N7O. The Morgan fingerprint density at radius 3 is 2.79 bits per heavy atom. The van der Waals surface area contributed by atoms with E-state index in [-0.39, 0.29) is 18.0 Å². The molecule has 33 heavy (non-hydrogen) atoms. The zero-order valence-corrected chi connectivity index (χ0v) is 19.0. The smallest absolute Gasteiger partial charge is 0.320 e. The van der Waals surface area contributed by atoms with Crippen LogP contribution in [0.3, 0.4) is 0 Å². The predicted molar refractivity (Wildman–Crippen MR) is 129 cm³/mol. The fourth-order valence-electron chi connectivity index (χ4n) is 4.67. The fourth-order valence-corrected chi connectivity index (χ4v) is 4.67. The van der Waals surface area contributed by atoms with Gasteiger partial charge in [0.05, 0.1) is 6.04 Å². The number of benzene rings is 1. The van der Waals surface area contributed by atoms with Gasteiger partial charge in [0.15, 0.2) is 5.65 Å². The summed E-state index contributed by atoms with van der Waals surface area (Å²) in [4.78, 5) is 23.9. The molecular weight excluding hydrogens is 414 g/mol. The van der Waals surface area contributed by atoms with E-state index in [1.807, 2.05) is 31.2 Å². The van der Waals surface area contributed by atoms with Crippen molar-refractivity contribution < 1.29 is 4.79 Å². The van der Waals surface area contributed by atoms with Crippen molar-refractivity contribution in [1.29, 1.82) is 0 Å². The van der Waals surface area contributed by atoms with Crippen LogP contribution in [-0.4, -0.2) is 57.3 Å². The highest BCUT2D eigenvalue weighted by atomic mass is 16.2. The Kier molecular flexibility index (Phi) is 5.51. The number of rotatable bonds is 4. The number of likely N-dealkylation sites (tertiary alicyclic amines) is 1. The SMILES string of the molecule is Cc1cc(-c2n[nH]c3nc(NC(=O)N[C@H]4CN(C)C[C@@H]4c4ccccc4C)ccc23)ccn1. The number of anilines is 1. The molecule has 168 valence electrons. The maximum atomic E-state index is 12.8. The molecule has 1 fully saturated rings.